The highest BCUT2D eigenvalue weighted by Crippen LogP contribution is 2.30. The number of para-hydroxylation sites is 1. The Kier molecular flexibility index (Phi) is 2.42. The average molecular weight is 243 g/mol. The summed E-state index contributed by atoms with van der Waals surface area (Å²) in [6.07, 6.45) is 1.87. The number of carbonyl (C=O) groups is 1. The van der Waals surface area contributed by atoms with Crippen molar-refractivity contribution in [1.29, 1.82) is 0 Å². The molecule has 1 amide bonds. The normalized spacial score (nSPS) is 16.2. The molecule has 3 nitrogen and oxygen atoms in total. The van der Waals surface area contributed by atoms with E-state index >= 15 is 0 Å². The van der Waals surface area contributed by atoms with Gasteiger partial charge in [0.25, 0.3) is 5.91 Å². The van der Waals surface area contributed by atoms with Gasteiger partial charge in [-0.3, -0.25) is 4.79 Å². The molecule has 0 fully saturated rings. The zero-order valence-electron chi connectivity index (χ0n) is 8.84. The molecule has 2 heterocycles. The maximum atomic E-state index is 11.8. The lowest BCUT2D eigenvalue weighted by molar-refractivity contribution is -0.122. The van der Waals surface area contributed by atoms with Crippen LogP contribution in [-0.4, -0.2) is 5.91 Å². The van der Waals surface area contributed by atoms with Gasteiger partial charge in [0.1, 0.15) is 0 Å². The summed E-state index contributed by atoms with van der Waals surface area (Å²) < 4.78 is 0. The minimum atomic E-state index is -0.213. The molecule has 1 aliphatic heterocycles. The van der Waals surface area contributed by atoms with Crippen molar-refractivity contribution in [3.8, 4) is 5.75 Å². The zero-order valence-corrected chi connectivity index (χ0v) is 9.66. The minimum Gasteiger partial charge on any atom is -0.379 e. The summed E-state index contributed by atoms with van der Waals surface area (Å²) in [5.74, 6) is 0.462. The van der Waals surface area contributed by atoms with Crippen molar-refractivity contribution >= 4 is 28.9 Å². The van der Waals surface area contributed by atoms with Crippen LogP contribution in [0, 0.1) is 0 Å². The summed E-state index contributed by atoms with van der Waals surface area (Å²) in [5, 5.41) is 3.98. The lowest BCUT2D eigenvalue weighted by atomic mass is 10.0. The molecule has 84 valence electrons. The first-order chi connectivity index (χ1) is 8.34. The number of rotatable bonds is 1. The molecule has 2 aromatic rings. The van der Waals surface area contributed by atoms with E-state index in [0.717, 1.165) is 11.1 Å². The fraction of sp³-hybridized carbons (Fsp3) is 0. The van der Waals surface area contributed by atoms with Crippen molar-refractivity contribution < 1.29 is 9.63 Å². The fourth-order valence-corrected chi connectivity index (χ4v) is 2.34. The number of hydroxylamine groups is 1. The van der Waals surface area contributed by atoms with Crippen LogP contribution >= 0.6 is 11.3 Å². The highest BCUT2D eigenvalue weighted by molar-refractivity contribution is 7.08. The number of thiophene rings is 1. The van der Waals surface area contributed by atoms with Crippen LogP contribution in [0.5, 0.6) is 5.75 Å². The van der Waals surface area contributed by atoms with Gasteiger partial charge in [0, 0.05) is 5.56 Å². The second-order valence-corrected chi connectivity index (χ2v) is 4.42. The van der Waals surface area contributed by atoms with E-state index < -0.39 is 0 Å². The minimum absolute atomic E-state index is 0.213. The average Bonchev–Trinajstić information content (AvgIpc) is 2.86. The Morgan fingerprint density at radius 1 is 1.24 bits per heavy atom. The smallest absolute Gasteiger partial charge is 0.284 e. The van der Waals surface area contributed by atoms with Crippen LogP contribution in [-0.2, 0) is 4.79 Å². The predicted octanol–water partition coefficient (Wildman–Crippen LogP) is 2.71. The summed E-state index contributed by atoms with van der Waals surface area (Å²) in [6.45, 7) is 0. The first-order valence-electron chi connectivity index (χ1n) is 5.15. The van der Waals surface area contributed by atoms with Gasteiger partial charge in [0.2, 0.25) is 0 Å². The van der Waals surface area contributed by atoms with E-state index in [1.807, 2.05) is 47.2 Å². The molecule has 4 heteroatoms. The van der Waals surface area contributed by atoms with Crippen molar-refractivity contribution in [3.05, 3.63) is 52.2 Å². The molecule has 0 spiro atoms. The van der Waals surface area contributed by atoms with Crippen molar-refractivity contribution in [2.24, 2.45) is 0 Å². The molecule has 0 saturated heterocycles. The van der Waals surface area contributed by atoms with Gasteiger partial charge in [-0.05, 0) is 34.5 Å². The predicted molar refractivity (Wildman–Crippen MR) is 67.4 cm³/mol. The molecule has 1 aliphatic rings. The molecule has 0 atom stereocenters. The van der Waals surface area contributed by atoms with Crippen LogP contribution in [0.25, 0.3) is 11.6 Å². The van der Waals surface area contributed by atoms with Gasteiger partial charge in [-0.2, -0.15) is 16.8 Å². The molecule has 0 aliphatic carbocycles. The molecule has 1 N–H and O–H groups in total. The van der Waals surface area contributed by atoms with E-state index in [4.69, 9.17) is 4.84 Å². The number of hydrogen-bond donors (Lipinski definition) is 1. The molecular formula is C13H9NO2S. The van der Waals surface area contributed by atoms with Gasteiger partial charge in [-0.25, -0.2) is 0 Å². The Hall–Kier alpha value is -2.07. The summed E-state index contributed by atoms with van der Waals surface area (Å²) >= 11 is 1.60. The maximum absolute atomic E-state index is 11.8. The van der Waals surface area contributed by atoms with E-state index in [2.05, 4.69) is 5.48 Å². The van der Waals surface area contributed by atoms with Gasteiger partial charge in [0.05, 0.1) is 5.57 Å². The van der Waals surface area contributed by atoms with Crippen LogP contribution in [0.4, 0.5) is 0 Å². The van der Waals surface area contributed by atoms with E-state index in [0.29, 0.717) is 11.3 Å². The monoisotopic (exact) mass is 243 g/mol. The van der Waals surface area contributed by atoms with Crippen LogP contribution in [0.3, 0.4) is 0 Å². The molecule has 0 bridgehead atoms. The van der Waals surface area contributed by atoms with Crippen molar-refractivity contribution in [3.63, 3.8) is 0 Å². The molecule has 1 aromatic carbocycles. The fourth-order valence-electron chi connectivity index (χ4n) is 1.72. The number of nitrogens with one attached hydrogen (secondary N) is 1. The summed E-state index contributed by atoms with van der Waals surface area (Å²) in [7, 11) is 0. The van der Waals surface area contributed by atoms with E-state index in [1.165, 1.54) is 0 Å². The molecule has 0 radical (unpaired) electrons. The van der Waals surface area contributed by atoms with Crippen molar-refractivity contribution in [2.75, 3.05) is 0 Å². The Labute approximate surface area is 102 Å². The van der Waals surface area contributed by atoms with Crippen molar-refractivity contribution in [1.82, 2.24) is 5.48 Å². The molecule has 0 unspecified atom stereocenters. The van der Waals surface area contributed by atoms with Crippen molar-refractivity contribution in [2.45, 2.75) is 0 Å². The Bertz CT molecular complexity index is 587. The van der Waals surface area contributed by atoms with Gasteiger partial charge in [0.15, 0.2) is 5.75 Å². The molecule has 0 saturated carbocycles. The van der Waals surface area contributed by atoms with Crippen LogP contribution in [0.2, 0.25) is 0 Å². The molecule has 3 rings (SSSR count). The Balaban J connectivity index is 2.13. The molecule has 17 heavy (non-hydrogen) atoms. The zero-order chi connectivity index (χ0) is 11.7. The number of benzene rings is 1. The van der Waals surface area contributed by atoms with Gasteiger partial charge in [-0.15, -0.1) is 0 Å². The van der Waals surface area contributed by atoms with Gasteiger partial charge >= 0.3 is 0 Å². The van der Waals surface area contributed by atoms with Gasteiger partial charge in [-0.1, -0.05) is 18.2 Å². The summed E-state index contributed by atoms with van der Waals surface area (Å²) in [4.78, 5) is 16.9. The van der Waals surface area contributed by atoms with Crippen LogP contribution in [0.1, 0.15) is 11.1 Å². The summed E-state index contributed by atoms with van der Waals surface area (Å²) in [6, 6.07) is 9.45. The maximum Gasteiger partial charge on any atom is 0.284 e. The van der Waals surface area contributed by atoms with E-state index in [9.17, 15) is 4.79 Å². The number of carbonyl (C=O) groups excluding carboxylic acids is 1. The highest BCUT2D eigenvalue weighted by atomic mass is 32.1. The summed E-state index contributed by atoms with van der Waals surface area (Å²) in [5.41, 5.74) is 4.87. The lowest BCUT2D eigenvalue weighted by Crippen LogP contribution is -2.32. The Morgan fingerprint density at radius 3 is 2.94 bits per heavy atom. The van der Waals surface area contributed by atoms with E-state index in [1.54, 1.807) is 11.3 Å². The number of amides is 1. The second kappa shape index (κ2) is 4.07. The van der Waals surface area contributed by atoms with Crippen LogP contribution in [0.15, 0.2) is 41.1 Å². The molecule has 1 aromatic heterocycles. The number of fused-ring (bicyclic) bond motifs is 1. The first kappa shape index (κ1) is 10.1. The SMILES string of the molecule is O=C1NOc2ccccc2C1=Cc1ccsc1. The highest BCUT2D eigenvalue weighted by Gasteiger charge is 2.22. The third-order valence-corrected chi connectivity index (χ3v) is 3.23. The van der Waals surface area contributed by atoms with Crippen LogP contribution < -0.4 is 10.3 Å². The molecular weight excluding hydrogens is 234 g/mol. The topological polar surface area (TPSA) is 38.3 Å². The lowest BCUT2D eigenvalue weighted by Gasteiger charge is -2.18. The second-order valence-electron chi connectivity index (χ2n) is 3.64. The Morgan fingerprint density at radius 2 is 2.12 bits per heavy atom. The van der Waals surface area contributed by atoms with Gasteiger partial charge < -0.3 is 4.84 Å². The van der Waals surface area contributed by atoms with E-state index in [-0.39, 0.29) is 5.91 Å². The first-order valence-corrected chi connectivity index (χ1v) is 6.09. The third-order valence-electron chi connectivity index (χ3n) is 2.53. The largest absolute Gasteiger partial charge is 0.379 e. The third kappa shape index (κ3) is 1.83. The number of hydrogen-bond acceptors (Lipinski definition) is 3. The quantitative estimate of drug-likeness (QED) is 0.782. The standard InChI is InChI=1S/C13H9NO2S/c15-13-11(7-9-5-6-17-8-9)10-3-1-2-4-12(10)16-14-13/h1-8H,(H,14,15).